The minimum Gasteiger partial charge on any atom is -0.370 e. The lowest BCUT2D eigenvalue weighted by molar-refractivity contribution is 0.0804. The van der Waals surface area contributed by atoms with Gasteiger partial charge in [0.1, 0.15) is 11.8 Å². The highest BCUT2D eigenvalue weighted by molar-refractivity contribution is 6.32. The van der Waals surface area contributed by atoms with E-state index in [0.29, 0.717) is 22.4 Å². The van der Waals surface area contributed by atoms with Gasteiger partial charge >= 0.3 is 0 Å². The molecule has 2 N–H and O–H groups in total. The Kier molecular flexibility index (Phi) is 3.68. The summed E-state index contributed by atoms with van der Waals surface area (Å²) in [4.78, 5) is 8.24. The molecule has 0 spiro atoms. The molecule has 7 heteroatoms. The van der Waals surface area contributed by atoms with Crippen molar-refractivity contribution in [1.82, 2.24) is 15.1 Å². The second-order valence-corrected chi connectivity index (χ2v) is 3.66. The molecule has 1 atom stereocenters. The Morgan fingerprint density at radius 2 is 2.41 bits per heavy atom. The first-order chi connectivity index (χ1) is 8.26. The highest BCUT2D eigenvalue weighted by atomic mass is 35.5. The fourth-order valence-electron chi connectivity index (χ4n) is 1.31. The third-order valence-electron chi connectivity index (χ3n) is 2.19. The van der Waals surface area contributed by atoms with E-state index in [1.54, 1.807) is 18.3 Å². The maximum absolute atomic E-state index is 5.98. The van der Waals surface area contributed by atoms with Crippen LogP contribution in [0.15, 0.2) is 22.9 Å². The van der Waals surface area contributed by atoms with Crippen molar-refractivity contribution in [1.29, 1.82) is 0 Å². The number of pyridine rings is 1. The zero-order valence-corrected chi connectivity index (χ0v) is 9.89. The van der Waals surface area contributed by atoms with Crippen LogP contribution < -0.4 is 5.73 Å². The second-order valence-electron chi connectivity index (χ2n) is 3.25. The smallest absolute Gasteiger partial charge is 0.257 e. The summed E-state index contributed by atoms with van der Waals surface area (Å²) in [6.07, 6.45) is 1.19. The molecule has 90 valence electrons. The van der Waals surface area contributed by atoms with Crippen LogP contribution in [-0.2, 0) is 4.74 Å². The summed E-state index contributed by atoms with van der Waals surface area (Å²) >= 11 is 5.98. The highest BCUT2D eigenvalue weighted by Crippen LogP contribution is 2.24. The molecule has 0 aliphatic heterocycles. The third-order valence-corrected chi connectivity index (χ3v) is 2.49. The number of hydrogen-bond donors (Lipinski definition) is 1. The molecule has 17 heavy (non-hydrogen) atoms. The predicted octanol–water partition coefficient (Wildman–Crippen LogP) is 1.43. The van der Waals surface area contributed by atoms with Crippen LogP contribution in [0.1, 0.15) is 12.0 Å². The highest BCUT2D eigenvalue weighted by Gasteiger charge is 2.19. The van der Waals surface area contributed by atoms with Gasteiger partial charge in [0, 0.05) is 19.9 Å². The Labute approximate surface area is 103 Å². The first kappa shape index (κ1) is 12.0. The van der Waals surface area contributed by atoms with Crippen LogP contribution in [0.2, 0.25) is 5.02 Å². The van der Waals surface area contributed by atoms with Crippen LogP contribution in [0.5, 0.6) is 0 Å². The third kappa shape index (κ3) is 2.44. The normalized spacial score (nSPS) is 12.6. The topological polar surface area (TPSA) is 87.1 Å². The first-order valence-corrected chi connectivity index (χ1v) is 5.31. The Balaban J connectivity index is 2.33. The van der Waals surface area contributed by atoms with E-state index < -0.39 is 6.10 Å². The van der Waals surface area contributed by atoms with Crippen molar-refractivity contribution in [2.75, 3.05) is 13.7 Å². The largest absolute Gasteiger partial charge is 0.370 e. The molecular formula is C10H11ClN4O2. The number of ether oxygens (including phenoxy) is 1. The Morgan fingerprint density at radius 3 is 3.06 bits per heavy atom. The molecule has 1 unspecified atom stereocenters. The van der Waals surface area contributed by atoms with E-state index in [2.05, 4.69) is 15.1 Å². The van der Waals surface area contributed by atoms with Crippen molar-refractivity contribution in [3.63, 3.8) is 0 Å². The van der Waals surface area contributed by atoms with Crippen LogP contribution in [0.3, 0.4) is 0 Å². The van der Waals surface area contributed by atoms with Crippen LogP contribution in [0, 0.1) is 0 Å². The molecule has 0 radical (unpaired) electrons. The minimum absolute atomic E-state index is 0.258. The van der Waals surface area contributed by atoms with Crippen LogP contribution in [0.25, 0.3) is 11.5 Å². The number of nitrogens with zero attached hydrogens (tertiary/aromatic N) is 3. The second kappa shape index (κ2) is 5.22. The van der Waals surface area contributed by atoms with Crippen LogP contribution >= 0.6 is 11.6 Å². The quantitative estimate of drug-likeness (QED) is 0.888. The van der Waals surface area contributed by atoms with Gasteiger partial charge in [0.2, 0.25) is 5.82 Å². The van der Waals surface area contributed by atoms with Crippen molar-refractivity contribution in [2.24, 2.45) is 5.73 Å². The number of halogens is 1. The fourth-order valence-corrected chi connectivity index (χ4v) is 1.52. The number of nitrogens with two attached hydrogens (primary N) is 1. The predicted molar refractivity (Wildman–Crippen MR) is 61.3 cm³/mol. The summed E-state index contributed by atoms with van der Waals surface area (Å²) in [5, 5.41) is 4.26. The van der Waals surface area contributed by atoms with Crippen molar-refractivity contribution >= 4 is 11.6 Å². The van der Waals surface area contributed by atoms with Gasteiger partial charge in [-0.1, -0.05) is 16.8 Å². The molecule has 0 saturated carbocycles. The summed E-state index contributed by atoms with van der Waals surface area (Å²) in [6, 6.07) is 3.43. The van der Waals surface area contributed by atoms with E-state index in [4.69, 9.17) is 26.6 Å². The lowest BCUT2D eigenvalue weighted by Gasteiger charge is -2.05. The molecule has 0 aliphatic rings. The standard InChI is InChI=1S/C10H11ClN4O2/c1-16-7(5-12)10-14-9(15-17-10)8-6(11)3-2-4-13-8/h2-4,7H,5,12H2,1H3. The molecule has 0 aromatic carbocycles. The Bertz CT molecular complexity index is 499. The average molecular weight is 255 g/mol. The molecular weight excluding hydrogens is 244 g/mol. The molecule has 0 aliphatic carbocycles. The molecule has 2 heterocycles. The van der Waals surface area contributed by atoms with Gasteiger partial charge in [-0.2, -0.15) is 4.98 Å². The number of hydrogen-bond acceptors (Lipinski definition) is 6. The summed E-state index contributed by atoms with van der Waals surface area (Å²) < 4.78 is 10.1. The van der Waals surface area contributed by atoms with Gasteiger partial charge in [0.15, 0.2) is 0 Å². The number of rotatable bonds is 4. The van der Waals surface area contributed by atoms with Crippen molar-refractivity contribution in [3.8, 4) is 11.5 Å². The number of aromatic nitrogens is 3. The van der Waals surface area contributed by atoms with E-state index in [0.717, 1.165) is 0 Å². The van der Waals surface area contributed by atoms with Crippen LogP contribution in [0.4, 0.5) is 0 Å². The van der Waals surface area contributed by atoms with Gasteiger partial charge in [0.25, 0.3) is 5.89 Å². The van der Waals surface area contributed by atoms with E-state index in [-0.39, 0.29) is 6.54 Å². The van der Waals surface area contributed by atoms with Gasteiger partial charge in [-0.25, -0.2) is 0 Å². The molecule has 6 nitrogen and oxygen atoms in total. The van der Waals surface area contributed by atoms with Gasteiger partial charge in [-0.3, -0.25) is 4.98 Å². The van der Waals surface area contributed by atoms with Gasteiger partial charge in [-0.05, 0) is 12.1 Å². The lowest BCUT2D eigenvalue weighted by Crippen LogP contribution is -2.14. The monoisotopic (exact) mass is 254 g/mol. The average Bonchev–Trinajstić information content (AvgIpc) is 2.81. The maximum atomic E-state index is 5.98. The van der Waals surface area contributed by atoms with Crippen molar-refractivity contribution < 1.29 is 9.26 Å². The first-order valence-electron chi connectivity index (χ1n) is 4.93. The summed E-state index contributed by atoms with van der Waals surface area (Å²) in [7, 11) is 1.52. The van der Waals surface area contributed by atoms with Crippen LogP contribution in [-0.4, -0.2) is 28.8 Å². The zero-order valence-electron chi connectivity index (χ0n) is 9.13. The zero-order chi connectivity index (χ0) is 12.3. The Hall–Kier alpha value is -1.50. The van der Waals surface area contributed by atoms with E-state index in [9.17, 15) is 0 Å². The molecule has 2 aromatic heterocycles. The number of methoxy groups -OCH3 is 1. The summed E-state index contributed by atoms with van der Waals surface area (Å²) in [5.74, 6) is 0.632. The minimum atomic E-state index is -0.418. The van der Waals surface area contributed by atoms with E-state index in [1.807, 2.05) is 0 Å². The van der Waals surface area contributed by atoms with Gasteiger partial charge in [0.05, 0.1) is 5.02 Å². The van der Waals surface area contributed by atoms with E-state index in [1.165, 1.54) is 7.11 Å². The van der Waals surface area contributed by atoms with Crippen molar-refractivity contribution in [2.45, 2.75) is 6.10 Å². The molecule has 0 fully saturated rings. The summed E-state index contributed by atoms with van der Waals surface area (Å²) in [5.41, 5.74) is 5.97. The Morgan fingerprint density at radius 1 is 1.59 bits per heavy atom. The van der Waals surface area contributed by atoms with Gasteiger partial charge in [-0.15, -0.1) is 0 Å². The SMILES string of the molecule is COC(CN)c1nc(-c2ncccc2Cl)no1. The van der Waals surface area contributed by atoms with E-state index >= 15 is 0 Å². The fraction of sp³-hybridized carbons (Fsp3) is 0.300. The molecule has 0 saturated heterocycles. The molecule has 0 amide bonds. The summed E-state index contributed by atoms with van der Waals surface area (Å²) in [6.45, 7) is 0.258. The van der Waals surface area contributed by atoms with Crippen molar-refractivity contribution in [3.05, 3.63) is 29.2 Å². The van der Waals surface area contributed by atoms with Gasteiger partial charge < -0.3 is 15.0 Å². The molecule has 2 aromatic rings. The lowest BCUT2D eigenvalue weighted by atomic mass is 10.3. The maximum Gasteiger partial charge on any atom is 0.257 e. The molecule has 0 bridgehead atoms. The molecule has 2 rings (SSSR count).